The Hall–Kier alpha value is -1.20. The van der Waals surface area contributed by atoms with Gasteiger partial charge in [-0.15, -0.1) is 0 Å². The van der Waals surface area contributed by atoms with Crippen LogP contribution in [0.2, 0.25) is 0 Å². The van der Waals surface area contributed by atoms with Crippen LogP contribution in [0, 0.1) is 4.64 Å². The standard InChI is InChI=1S/C12H16N3O14P3S/c16-7-1-2-15-3-5(11(33)14-12(15)13-7)10-9(18)8(17)6(27-10)4-26-31(22,23)29-32(24,25)28-30(19,20)21/h1-3,6,8-10,17-18H,4H2,(H,22,23)(H,24,25)(H2,19,20,21)(H,13,14,16,33)/t6-,8?,9+,10+/m1/s1. The van der Waals surface area contributed by atoms with Crippen molar-refractivity contribution in [1.82, 2.24) is 14.4 Å². The monoisotopic (exact) mass is 551 g/mol. The number of phosphoric ester groups is 1. The number of nitrogens with one attached hydrogen (secondary N) is 1. The van der Waals surface area contributed by atoms with Crippen molar-refractivity contribution in [2.45, 2.75) is 24.4 Å². The third-order valence-corrected chi connectivity index (χ3v) is 8.22. The SMILES string of the molecule is O=c1ccn2cc([C@@H]3O[C@H](COP(=O)(O)OP(=O)(O)OP(=O)(O)O)C(O)[C@@H]3O)c(=S)nc2[nH]1. The molecular formula is C12H16N3O14P3S. The summed E-state index contributed by atoms with van der Waals surface area (Å²) >= 11 is 5.13. The van der Waals surface area contributed by atoms with Gasteiger partial charge in [-0.25, -0.2) is 18.7 Å². The first-order chi connectivity index (χ1) is 15.1. The second-order valence-electron chi connectivity index (χ2n) is 6.50. The van der Waals surface area contributed by atoms with Crippen LogP contribution < -0.4 is 5.56 Å². The number of aromatic nitrogens is 3. The number of hydrogen-bond donors (Lipinski definition) is 7. The lowest BCUT2D eigenvalue weighted by molar-refractivity contribution is -0.0225. The van der Waals surface area contributed by atoms with Gasteiger partial charge in [-0.05, 0) is 0 Å². The van der Waals surface area contributed by atoms with Gasteiger partial charge in [0, 0.05) is 24.0 Å². The first kappa shape index (κ1) is 26.4. The summed E-state index contributed by atoms with van der Waals surface area (Å²) < 4.78 is 52.1. The van der Waals surface area contributed by atoms with Crippen LogP contribution in [0.5, 0.6) is 0 Å². The zero-order chi connectivity index (χ0) is 24.8. The number of aliphatic hydroxyl groups is 2. The quantitative estimate of drug-likeness (QED) is 0.157. The highest BCUT2D eigenvalue weighted by Crippen LogP contribution is 2.66. The van der Waals surface area contributed by atoms with Crippen molar-refractivity contribution in [1.29, 1.82) is 0 Å². The maximum atomic E-state index is 11.8. The molecule has 0 spiro atoms. The molecule has 0 aromatic carbocycles. The van der Waals surface area contributed by atoms with Gasteiger partial charge < -0.3 is 34.5 Å². The van der Waals surface area contributed by atoms with Gasteiger partial charge in [-0.3, -0.25) is 18.7 Å². The molecule has 184 valence electrons. The van der Waals surface area contributed by atoms with E-state index in [-0.39, 0.29) is 16.0 Å². The number of ether oxygens (including phenoxy) is 1. The molecule has 2 aromatic heterocycles. The van der Waals surface area contributed by atoms with Crippen molar-refractivity contribution in [3.05, 3.63) is 39.0 Å². The van der Waals surface area contributed by atoms with Crippen LogP contribution in [-0.4, -0.2) is 69.1 Å². The zero-order valence-corrected chi connectivity index (χ0v) is 19.3. The number of rotatable bonds is 8. The van der Waals surface area contributed by atoms with Crippen molar-refractivity contribution >= 4 is 41.5 Å². The normalized spacial score (nSPS) is 27.3. The Morgan fingerprint density at radius 2 is 1.79 bits per heavy atom. The Labute approximate surface area is 187 Å². The van der Waals surface area contributed by atoms with Gasteiger partial charge in [0.2, 0.25) is 5.78 Å². The average molecular weight is 551 g/mol. The van der Waals surface area contributed by atoms with Gasteiger partial charge in [0.1, 0.15) is 29.1 Å². The minimum atomic E-state index is -5.72. The molecule has 0 aliphatic carbocycles. The molecule has 1 fully saturated rings. The second kappa shape index (κ2) is 9.45. The summed E-state index contributed by atoms with van der Waals surface area (Å²) in [6.07, 6.45) is -3.38. The van der Waals surface area contributed by atoms with Crippen molar-refractivity contribution in [3.8, 4) is 0 Å². The summed E-state index contributed by atoms with van der Waals surface area (Å²) in [6.45, 7) is -0.980. The summed E-state index contributed by atoms with van der Waals surface area (Å²) in [6, 6.07) is 1.19. The second-order valence-corrected chi connectivity index (χ2v) is 11.3. The Morgan fingerprint density at radius 3 is 2.42 bits per heavy atom. The molecule has 6 atom stereocenters. The fourth-order valence-electron chi connectivity index (χ4n) is 2.80. The molecule has 0 saturated carbocycles. The number of nitrogens with zero attached hydrogens (tertiary/aromatic N) is 2. The zero-order valence-electron chi connectivity index (χ0n) is 15.8. The molecular weight excluding hydrogens is 535 g/mol. The molecule has 17 nitrogen and oxygen atoms in total. The Morgan fingerprint density at radius 1 is 1.12 bits per heavy atom. The van der Waals surface area contributed by atoms with Crippen LogP contribution in [0.15, 0.2) is 23.3 Å². The average Bonchev–Trinajstić information content (AvgIpc) is 2.91. The summed E-state index contributed by atoms with van der Waals surface area (Å²) in [5, 5.41) is 20.5. The minimum absolute atomic E-state index is 0.0912. The van der Waals surface area contributed by atoms with Gasteiger partial charge in [0.05, 0.1) is 6.61 Å². The van der Waals surface area contributed by atoms with Gasteiger partial charge in [-0.2, -0.15) is 8.62 Å². The first-order valence-corrected chi connectivity index (χ1v) is 13.4. The molecule has 7 N–H and O–H groups in total. The number of H-pyrrole nitrogens is 1. The molecule has 3 unspecified atom stereocenters. The number of hydrogen-bond acceptors (Lipinski definition) is 12. The topological polar surface area (TPSA) is 260 Å². The fraction of sp³-hybridized carbons (Fsp3) is 0.417. The highest BCUT2D eigenvalue weighted by Gasteiger charge is 2.46. The van der Waals surface area contributed by atoms with E-state index in [1.165, 1.54) is 22.9 Å². The van der Waals surface area contributed by atoms with Crippen molar-refractivity contribution < 1.29 is 61.4 Å². The lowest BCUT2D eigenvalue weighted by atomic mass is 10.0. The third-order valence-electron chi connectivity index (χ3n) is 4.09. The predicted octanol–water partition coefficient (Wildman–Crippen LogP) is -0.743. The van der Waals surface area contributed by atoms with Crippen LogP contribution >= 0.6 is 35.7 Å². The molecule has 21 heteroatoms. The maximum Gasteiger partial charge on any atom is 0.490 e. The maximum absolute atomic E-state index is 11.8. The number of aliphatic hydroxyl groups excluding tert-OH is 2. The molecule has 33 heavy (non-hydrogen) atoms. The van der Waals surface area contributed by atoms with E-state index in [1.807, 2.05) is 0 Å². The van der Waals surface area contributed by atoms with Crippen LogP contribution in [0.1, 0.15) is 11.7 Å². The van der Waals surface area contributed by atoms with Gasteiger partial charge in [0.25, 0.3) is 5.56 Å². The van der Waals surface area contributed by atoms with Crippen LogP contribution in [0.3, 0.4) is 0 Å². The smallest absolute Gasteiger partial charge is 0.387 e. The summed E-state index contributed by atoms with van der Waals surface area (Å²) in [5.74, 6) is 0.0912. The van der Waals surface area contributed by atoms with Crippen molar-refractivity contribution in [3.63, 3.8) is 0 Å². The van der Waals surface area contributed by atoms with Crippen LogP contribution in [-0.2, 0) is 31.6 Å². The van der Waals surface area contributed by atoms with Crippen molar-refractivity contribution in [2.75, 3.05) is 6.61 Å². The lowest BCUT2D eigenvalue weighted by Crippen LogP contribution is -2.33. The highest BCUT2D eigenvalue weighted by atomic mass is 32.1. The highest BCUT2D eigenvalue weighted by molar-refractivity contribution is 7.71. The summed E-state index contributed by atoms with van der Waals surface area (Å²) in [7, 11) is -16.7. The van der Waals surface area contributed by atoms with Crippen LogP contribution in [0.4, 0.5) is 0 Å². The molecule has 0 amide bonds. The molecule has 1 aliphatic rings. The van der Waals surface area contributed by atoms with E-state index in [1.54, 1.807) is 0 Å². The van der Waals surface area contributed by atoms with Gasteiger partial charge in [-0.1, -0.05) is 12.2 Å². The number of fused-ring (bicyclic) bond motifs is 1. The summed E-state index contributed by atoms with van der Waals surface area (Å²) in [5.41, 5.74) is -0.328. The molecule has 1 saturated heterocycles. The first-order valence-electron chi connectivity index (χ1n) is 8.49. The van der Waals surface area contributed by atoms with E-state index in [0.29, 0.717) is 0 Å². The molecule has 3 heterocycles. The number of aromatic amines is 1. The minimum Gasteiger partial charge on any atom is -0.387 e. The van der Waals surface area contributed by atoms with E-state index >= 15 is 0 Å². The van der Waals surface area contributed by atoms with Gasteiger partial charge in [0.15, 0.2) is 0 Å². The largest absolute Gasteiger partial charge is 0.490 e. The molecule has 3 rings (SSSR count). The van der Waals surface area contributed by atoms with E-state index in [0.717, 1.165) is 0 Å². The molecule has 1 aliphatic heterocycles. The molecule has 2 aromatic rings. The summed E-state index contributed by atoms with van der Waals surface area (Å²) in [4.78, 5) is 53.5. The predicted molar refractivity (Wildman–Crippen MR) is 106 cm³/mol. The van der Waals surface area contributed by atoms with E-state index in [4.69, 9.17) is 31.6 Å². The lowest BCUT2D eigenvalue weighted by Gasteiger charge is -2.19. The Balaban J connectivity index is 1.73. The van der Waals surface area contributed by atoms with E-state index < -0.39 is 60.1 Å². The van der Waals surface area contributed by atoms with E-state index in [2.05, 4.69) is 23.1 Å². The van der Waals surface area contributed by atoms with E-state index in [9.17, 15) is 33.6 Å². The van der Waals surface area contributed by atoms with Crippen LogP contribution in [0.25, 0.3) is 5.78 Å². The fourth-order valence-corrected chi connectivity index (χ4v) is 6.09. The Bertz CT molecular complexity index is 1310. The Kier molecular flexibility index (Phi) is 7.56. The molecule has 0 radical (unpaired) electrons. The molecule has 0 bridgehead atoms. The third kappa shape index (κ3) is 6.69. The number of phosphoric acid groups is 3. The van der Waals surface area contributed by atoms with Gasteiger partial charge >= 0.3 is 23.5 Å². The van der Waals surface area contributed by atoms with Crippen molar-refractivity contribution in [2.24, 2.45) is 0 Å².